The summed E-state index contributed by atoms with van der Waals surface area (Å²) in [6, 6.07) is 0. The predicted molar refractivity (Wildman–Crippen MR) is 60.2 cm³/mol. The van der Waals surface area contributed by atoms with Crippen LogP contribution in [0.2, 0.25) is 0 Å². The van der Waals surface area contributed by atoms with Crippen molar-refractivity contribution in [3.8, 4) is 0 Å². The summed E-state index contributed by atoms with van der Waals surface area (Å²) in [5.41, 5.74) is 0. The Bertz CT molecular complexity index is 297. The Morgan fingerprint density at radius 3 is 2.25 bits per heavy atom. The summed E-state index contributed by atoms with van der Waals surface area (Å²) < 4.78 is 0. The van der Waals surface area contributed by atoms with Crippen molar-refractivity contribution in [3.05, 3.63) is 0 Å². The first-order chi connectivity index (χ1) is 7.66. The summed E-state index contributed by atoms with van der Waals surface area (Å²) >= 11 is 0. The third-order valence-electron chi connectivity index (χ3n) is 3.77. The Hall–Kier alpha value is -1.06. The van der Waals surface area contributed by atoms with Crippen molar-refractivity contribution in [2.75, 3.05) is 13.6 Å². The van der Waals surface area contributed by atoms with Crippen LogP contribution in [0, 0.1) is 11.8 Å². The van der Waals surface area contributed by atoms with E-state index in [1.807, 2.05) is 6.92 Å². The maximum absolute atomic E-state index is 12.2. The molecule has 1 heterocycles. The summed E-state index contributed by atoms with van der Waals surface area (Å²) in [6.07, 6.45) is 4.84. The van der Waals surface area contributed by atoms with Gasteiger partial charge < -0.3 is 0 Å². The van der Waals surface area contributed by atoms with Gasteiger partial charge in [-0.15, -0.1) is 0 Å². The van der Waals surface area contributed by atoms with E-state index in [-0.39, 0.29) is 23.7 Å². The zero-order valence-corrected chi connectivity index (χ0v) is 10.1. The molecular weight excluding hydrogens is 204 g/mol. The molecule has 2 fully saturated rings. The van der Waals surface area contributed by atoms with Crippen LogP contribution in [-0.4, -0.2) is 35.4 Å². The summed E-state index contributed by atoms with van der Waals surface area (Å²) in [5, 5.41) is 3.17. The minimum absolute atomic E-state index is 0.0380. The Labute approximate surface area is 96.6 Å². The number of hydrogen-bond donors (Lipinski definition) is 0. The standard InChI is InChI=1S/C12H20N2O2/c1-3-8-14-12(16)10-7-5-4-6-9(10)11(15)13(14)2/h9-10H,3-8H2,1-2H3. The number of fused-ring (bicyclic) bond motifs is 1. The van der Waals surface area contributed by atoms with Gasteiger partial charge in [0.05, 0.1) is 11.8 Å². The predicted octanol–water partition coefficient (Wildman–Crippen LogP) is 1.42. The fraction of sp³-hybridized carbons (Fsp3) is 0.833. The van der Waals surface area contributed by atoms with Crippen molar-refractivity contribution in [1.29, 1.82) is 0 Å². The minimum atomic E-state index is -0.0423. The maximum Gasteiger partial charge on any atom is 0.245 e. The lowest BCUT2D eigenvalue weighted by atomic mass is 9.76. The van der Waals surface area contributed by atoms with Crippen molar-refractivity contribution >= 4 is 11.8 Å². The third-order valence-corrected chi connectivity index (χ3v) is 3.77. The van der Waals surface area contributed by atoms with E-state index in [4.69, 9.17) is 0 Å². The second-order valence-corrected chi connectivity index (χ2v) is 4.82. The SMILES string of the molecule is CCCN1C(=O)C2CCCCC2C(=O)N1C. The van der Waals surface area contributed by atoms with Crippen LogP contribution in [0.15, 0.2) is 0 Å². The van der Waals surface area contributed by atoms with Crippen molar-refractivity contribution in [2.24, 2.45) is 11.8 Å². The molecule has 2 rings (SSSR count). The normalized spacial score (nSPS) is 30.6. The molecule has 1 saturated carbocycles. The largest absolute Gasteiger partial charge is 0.273 e. The third kappa shape index (κ3) is 1.70. The Kier molecular flexibility index (Phi) is 3.17. The number of hydrogen-bond acceptors (Lipinski definition) is 2. The lowest BCUT2D eigenvalue weighted by Gasteiger charge is -2.44. The van der Waals surface area contributed by atoms with E-state index in [1.54, 1.807) is 17.1 Å². The fourth-order valence-electron chi connectivity index (χ4n) is 2.89. The lowest BCUT2D eigenvalue weighted by Crippen LogP contribution is -2.59. The van der Waals surface area contributed by atoms with Crippen LogP contribution in [0.1, 0.15) is 39.0 Å². The van der Waals surface area contributed by atoms with Gasteiger partial charge in [-0.25, -0.2) is 0 Å². The molecule has 90 valence electrons. The number of carbonyl (C=O) groups excluding carboxylic acids is 2. The molecule has 0 spiro atoms. The van der Waals surface area contributed by atoms with E-state index >= 15 is 0 Å². The molecule has 0 bridgehead atoms. The molecular formula is C12H20N2O2. The molecule has 0 aromatic rings. The van der Waals surface area contributed by atoms with E-state index in [0.29, 0.717) is 6.54 Å². The fourth-order valence-corrected chi connectivity index (χ4v) is 2.89. The molecule has 2 atom stereocenters. The zero-order chi connectivity index (χ0) is 11.7. The first-order valence-corrected chi connectivity index (χ1v) is 6.25. The van der Waals surface area contributed by atoms with Crippen LogP contribution in [0.5, 0.6) is 0 Å². The van der Waals surface area contributed by atoms with Crippen LogP contribution in [0.25, 0.3) is 0 Å². The molecule has 1 aliphatic heterocycles. The highest BCUT2D eigenvalue weighted by atomic mass is 16.2. The van der Waals surface area contributed by atoms with Gasteiger partial charge in [-0.2, -0.15) is 0 Å². The van der Waals surface area contributed by atoms with Crippen LogP contribution in [0.3, 0.4) is 0 Å². The van der Waals surface area contributed by atoms with Gasteiger partial charge in [-0.05, 0) is 19.3 Å². The maximum atomic E-state index is 12.2. The molecule has 0 N–H and O–H groups in total. The Balaban J connectivity index is 2.20. The molecule has 16 heavy (non-hydrogen) atoms. The van der Waals surface area contributed by atoms with Gasteiger partial charge in [0.25, 0.3) is 0 Å². The first-order valence-electron chi connectivity index (χ1n) is 6.25. The van der Waals surface area contributed by atoms with Crippen LogP contribution in [-0.2, 0) is 9.59 Å². The van der Waals surface area contributed by atoms with Crippen LogP contribution in [0.4, 0.5) is 0 Å². The molecule has 1 aliphatic carbocycles. The first kappa shape index (κ1) is 11.4. The number of carbonyl (C=O) groups is 2. The second-order valence-electron chi connectivity index (χ2n) is 4.82. The number of rotatable bonds is 2. The topological polar surface area (TPSA) is 40.6 Å². The number of nitrogens with zero attached hydrogens (tertiary/aromatic N) is 2. The average molecular weight is 224 g/mol. The lowest BCUT2D eigenvalue weighted by molar-refractivity contribution is -0.181. The van der Waals surface area contributed by atoms with Crippen molar-refractivity contribution in [3.63, 3.8) is 0 Å². The Morgan fingerprint density at radius 2 is 1.69 bits per heavy atom. The van der Waals surface area contributed by atoms with Gasteiger partial charge in [0.2, 0.25) is 11.8 Å². The van der Waals surface area contributed by atoms with Gasteiger partial charge in [0, 0.05) is 13.6 Å². The number of hydrazine groups is 1. The zero-order valence-electron chi connectivity index (χ0n) is 10.1. The van der Waals surface area contributed by atoms with Gasteiger partial charge in [0.1, 0.15) is 0 Å². The quantitative estimate of drug-likeness (QED) is 0.711. The molecule has 0 aromatic carbocycles. The highest BCUT2D eigenvalue weighted by molar-refractivity contribution is 5.92. The van der Waals surface area contributed by atoms with Gasteiger partial charge in [-0.1, -0.05) is 19.8 Å². The van der Waals surface area contributed by atoms with E-state index in [0.717, 1.165) is 32.1 Å². The average Bonchev–Trinajstić information content (AvgIpc) is 2.32. The summed E-state index contributed by atoms with van der Waals surface area (Å²) in [6.45, 7) is 2.68. The van der Waals surface area contributed by atoms with Crippen LogP contribution < -0.4 is 0 Å². The summed E-state index contributed by atoms with van der Waals surface area (Å²) in [7, 11) is 1.72. The molecule has 0 aromatic heterocycles. The van der Waals surface area contributed by atoms with E-state index < -0.39 is 0 Å². The van der Waals surface area contributed by atoms with Gasteiger partial charge in [0.15, 0.2) is 0 Å². The molecule has 4 nitrogen and oxygen atoms in total. The summed E-state index contributed by atoms with van der Waals surface area (Å²) in [5.74, 6) is 0.217. The van der Waals surface area contributed by atoms with Gasteiger partial charge >= 0.3 is 0 Å². The van der Waals surface area contributed by atoms with Crippen LogP contribution >= 0.6 is 0 Å². The summed E-state index contributed by atoms with van der Waals surface area (Å²) in [4.78, 5) is 24.4. The van der Waals surface area contributed by atoms with Crippen molar-refractivity contribution in [2.45, 2.75) is 39.0 Å². The van der Waals surface area contributed by atoms with E-state index in [9.17, 15) is 9.59 Å². The Morgan fingerprint density at radius 1 is 1.12 bits per heavy atom. The monoisotopic (exact) mass is 224 g/mol. The molecule has 2 unspecified atom stereocenters. The molecule has 2 amide bonds. The van der Waals surface area contributed by atoms with E-state index in [1.165, 1.54) is 0 Å². The second kappa shape index (κ2) is 4.44. The van der Waals surface area contributed by atoms with Crippen molar-refractivity contribution in [1.82, 2.24) is 10.0 Å². The molecule has 1 saturated heterocycles. The molecule has 2 aliphatic rings. The minimum Gasteiger partial charge on any atom is -0.273 e. The highest BCUT2D eigenvalue weighted by Crippen LogP contribution is 2.36. The van der Waals surface area contributed by atoms with Crippen molar-refractivity contribution < 1.29 is 9.59 Å². The smallest absolute Gasteiger partial charge is 0.245 e. The molecule has 4 heteroatoms. The number of amides is 2. The highest BCUT2D eigenvalue weighted by Gasteiger charge is 2.45. The molecule has 0 radical (unpaired) electrons. The van der Waals surface area contributed by atoms with E-state index in [2.05, 4.69) is 0 Å². The van der Waals surface area contributed by atoms with Gasteiger partial charge in [-0.3, -0.25) is 19.6 Å².